The monoisotopic (exact) mass is 467 g/mol. The predicted octanol–water partition coefficient (Wildman–Crippen LogP) is 3.93. The summed E-state index contributed by atoms with van der Waals surface area (Å²) in [4.78, 5) is 0. The van der Waals surface area contributed by atoms with Gasteiger partial charge in [0.2, 0.25) is 0 Å². The standard InChI is InChI=1S/C23H50NOS.BrH/c1-6-7-8-9-10-11-12-13-14-15-16-17-18-19-20-26-22-23(25-5)21-24(2,3)4;/h23H,6-22H2,1-5H3;1H/q+1;/p-1. The normalized spacial score (nSPS) is 12.8. The van der Waals surface area contributed by atoms with Crippen LogP contribution in [0.4, 0.5) is 0 Å². The molecule has 0 bridgehead atoms. The second kappa shape index (κ2) is 21.5. The number of likely N-dealkylation sites (N-methyl/N-ethyl adjacent to an activating group) is 1. The van der Waals surface area contributed by atoms with Crippen molar-refractivity contribution in [3.8, 4) is 0 Å². The van der Waals surface area contributed by atoms with Crippen LogP contribution < -0.4 is 17.0 Å². The molecule has 0 radical (unpaired) electrons. The Bertz CT molecular complexity index is 284. The van der Waals surface area contributed by atoms with Gasteiger partial charge in [-0.25, -0.2) is 0 Å². The molecule has 0 amide bonds. The van der Waals surface area contributed by atoms with Gasteiger partial charge in [-0.2, -0.15) is 11.8 Å². The zero-order valence-electron chi connectivity index (χ0n) is 19.2. The molecule has 0 saturated heterocycles. The lowest BCUT2D eigenvalue weighted by atomic mass is 10.0. The SMILES string of the molecule is CCCCCCCCCCCCCCCCSCC(C[N+](C)(C)C)OC.[Br-]. The number of hydrogen-bond donors (Lipinski definition) is 0. The first-order valence-corrected chi connectivity index (χ1v) is 12.6. The van der Waals surface area contributed by atoms with Crippen LogP contribution >= 0.6 is 11.8 Å². The van der Waals surface area contributed by atoms with Gasteiger partial charge >= 0.3 is 0 Å². The van der Waals surface area contributed by atoms with E-state index in [-0.39, 0.29) is 17.0 Å². The van der Waals surface area contributed by atoms with Crippen LogP contribution in [0.2, 0.25) is 0 Å². The van der Waals surface area contributed by atoms with Gasteiger partial charge in [0, 0.05) is 12.9 Å². The lowest BCUT2D eigenvalue weighted by molar-refractivity contribution is -0.873. The molecule has 0 aromatic carbocycles. The van der Waals surface area contributed by atoms with Crippen molar-refractivity contribution >= 4 is 11.8 Å². The Morgan fingerprint density at radius 3 is 1.48 bits per heavy atom. The Kier molecular flexibility index (Phi) is 23.8. The third-order valence-electron chi connectivity index (χ3n) is 5.03. The summed E-state index contributed by atoms with van der Waals surface area (Å²) in [6.07, 6.45) is 20.6. The number of thioether (sulfide) groups is 1. The first kappa shape index (κ1) is 29.9. The maximum Gasteiger partial charge on any atom is 0.115 e. The number of methoxy groups -OCH3 is 1. The van der Waals surface area contributed by atoms with Gasteiger partial charge in [0.15, 0.2) is 0 Å². The van der Waals surface area contributed by atoms with Crippen molar-refractivity contribution in [2.24, 2.45) is 0 Å². The number of quaternary nitrogens is 1. The minimum Gasteiger partial charge on any atom is -1.00 e. The third-order valence-corrected chi connectivity index (χ3v) is 6.22. The maximum atomic E-state index is 5.61. The molecule has 0 heterocycles. The molecule has 4 heteroatoms. The fourth-order valence-corrected chi connectivity index (χ4v) is 4.50. The van der Waals surface area contributed by atoms with Gasteiger partial charge < -0.3 is 26.2 Å². The molecule has 0 fully saturated rings. The highest BCUT2D eigenvalue weighted by molar-refractivity contribution is 7.99. The summed E-state index contributed by atoms with van der Waals surface area (Å²) in [6.45, 7) is 3.39. The number of unbranched alkanes of at least 4 members (excludes halogenated alkanes) is 13. The second-order valence-corrected chi connectivity index (χ2v) is 10.2. The molecule has 1 atom stereocenters. The fourth-order valence-electron chi connectivity index (χ4n) is 3.42. The van der Waals surface area contributed by atoms with E-state index in [9.17, 15) is 0 Å². The molecule has 0 aromatic rings. The molecular formula is C23H50BrNOS. The predicted molar refractivity (Wildman–Crippen MR) is 121 cm³/mol. The highest BCUT2D eigenvalue weighted by Crippen LogP contribution is 2.15. The fraction of sp³-hybridized carbons (Fsp3) is 1.00. The molecule has 0 saturated carbocycles. The van der Waals surface area contributed by atoms with Gasteiger partial charge in [-0.3, -0.25) is 0 Å². The van der Waals surface area contributed by atoms with Crippen molar-refractivity contribution in [2.45, 2.75) is 103 Å². The summed E-state index contributed by atoms with van der Waals surface area (Å²) in [6, 6.07) is 0. The van der Waals surface area contributed by atoms with E-state index in [1.54, 1.807) is 0 Å². The van der Waals surface area contributed by atoms with Crippen LogP contribution in [0, 0.1) is 0 Å². The van der Waals surface area contributed by atoms with Crippen molar-refractivity contribution in [1.82, 2.24) is 0 Å². The molecule has 0 aliphatic rings. The highest BCUT2D eigenvalue weighted by atomic mass is 79.9. The van der Waals surface area contributed by atoms with Gasteiger partial charge in [0.1, 0.15) is 12.6 Å². The van der Waals surface area contributed by atoms with Crippen molar-refractivity contribution in [2.75, 3.05) is 46.3 Å². The van der Waals surface area contributed by atoms with Crippen LogP contribution in [-0.4, -0.2) is 56.9 Å². The summed E-state index contributed by atoms with van der Waals surface area (Å²) in [5.74, 6) is 2.44. The van der Waals surface area contributed by atoms with E-state index in [2.05, 4.69) is 39.8 Å². The molecule has 0 N–H and O–H groups in total. The van der Waals surface area contributed by atoms with E-state index in [1.807, 2.05) is 7.11 Å². The Morgan fingerprint density at radius 2 is 1.11 bits per heavy atom. The zero-order chi connectivity index (χ0) is 19.5. The van der Waals surface area contributed by atoms with Crippen LogP contribution in [0.25, 0.3) is 0 Å². The zero-order valence-corrected chi connectivity index (χ0v) is 21.6. The minimum absolute atomic E-state index is 0. The van der Waals surface area contributed by atoms with Crippen molar-refractivity contribution in [3.05, 3.63) is 0 Å². The average Bonchev–Trinajstić information content (AvgIpc) is 2.59. The summed E-state index contributed by atoms with van der Waals surface area (Å²) in [5, 5.41) is 0. The quantitative estimate of drug-likeness (QED) is 0.198. The lowest BCUT2D eigenvalue weighted by Crippen LogP contribution is -3.00. The number of halogens is 1. The first-order chi connectivity index (χ1) is 12.5. The second-order valence-electron chi connectivity index (χ2n) is 9.00. The van der Waals surface area contributed by atoms with Gasteiger partial charge in [-0.15, -0.1) is 0 Å². The van der Waals surface area contributed by atoms with E-state index in [0.717, 1.165) is 16.8 Å². The van der Waals surface area contributed by atoms with Crippen LogP contribution in [0.15, 0.2) is 0 Å². The van der Waals surface area contributed by atoms with Crippen molar-refractivity contribution in [1.29, 1.82) is 0 Å². The molecular weight excluding hydrogens is 418 g/mol. The molecule has 2 nitrogen and oxygen atoms in total. The Balaban J connectivity index is 0. The van der Waals surface area contributed by atoms with Crippen LogP contribution in [0.3, 0.4) is 0 Å². The molecule has 0 spiro atoms. The summed E-state index contributed by atoms with van der Waals surface area (Å²) in [5.41, 5.74) is 0. The number of ether oxygens (including phenoxy) is 1. The van der Waals surface area contributed by atoms with Crippen LogP contribution in [0.1, 0.15) is 96.8 Å². The first-order valence-electron chi connectivity index (χ1n) is 11.4. The van der Waals surface area contributed by atoms with E-state index in [4.69, 9.17) is 4.74 Å². The topological polar surface area (TPSA) is 9.23 Å². The summed E-state index contributed by atoms with van der Waals surface area (Å²) in [7, 11) is 8.58. The highest BCUT2D eigenvalue weighted by Gasteiger charge is 2.17. The van der Waals surface area contributed by atoms with Crippen molar-refractivity contribution < 1.29 is 26.2 Å². The summed E-state index contributed by atoms with van der Waals surface area (Å²) >= 11 is 2.08. The Labute approximate surface area is 186 Å². The molecule has 0 aliphatic carbocycles. The van der Waals surface area contributed by atoms with Gasteiger partial charge in [-0.1, -0.05) is 90.4 Å². The maximum absolute atomic E-state index is 5.61. The van der Waals surface area contributed by atoms with E-state index >= 15 is 0 Å². The minimum atomic E-state index is 0. The third kappa shape index (κ3) is 24.7. The van der Waals surface area contributed by atoms with Gasteiger partial charge in [-0.05, 0) is 12.2 Å². The smallest absolute Gasteiger partial charge is 0.115 e. The van der Waals surface area contributed by atoms with E-state index < -0.39 is 0 Å². The number of hydrogen-bond acceptors (Lipinski definition) is 2. The summed E-state index contributed by atoms with van der Waals surface area (Å²) < 4.78 is 6.60. The van der Waals surface area contributed by atoms with Crippen molar-refractivity contribution in [3.63, 3.8) is 0 Å². The lowest BCUT2D eigenvalue weighted by Gasteiger charge is -2.28. The van der Waals surface area contributed by atoms with Gasteiger partial charge in [0.05, 0.1) is 21.1 Å². The average molecular weight is 469 g/mol. The number of rotatable bonds is 20. The molecule has 1 unspecified atom stereocenters. The van der Waals surface area contributed by atoms with Gasteiger partial charge in [0.25, 0.3) is 0 Å². The molecule has 0 rings (SSSR count). The largest absolute Gasteiger partial charge is 1.00 e. The molecule has 27 heavy (non-hydrogen) atoms. The number of nitrogens with zero attached hydrogens (tertiary/aromatic N) is 1. The molecule has 0 aromatic heterocycles. The van der Waals surface area contributed by atoms with E-state index in [0.29, 0.717) is 6.10 Å². The van der Waals surface area contributed by atoms with Crippen LogP contribution in [0.5, 0.6) is 0 Å². The molecule has 0 aliphatic heterocycles. The molecule has 166 valence electrons. The van der Waals surface area contributed by atoms with Crippen LogP contribution in [-0.2, 0) is 4.74 Å². The Morgan fingerprint density at radius 1 is 0.704 bits per heavy atom. The Hall–Kier alpha value is 0.750. The van der Waals surface area contributed by atoms with E-state index in [1.165, 1.54) is 95.6 Å².